The zero-order chi connectivity index (χ0) is 105. The fourth-order valence-corrected chi connectivity index (χ4v) is 14.1. The van der Waals surface area contributed by atoms with Crippen molar-refractivity contribution in [3.05, 3.63) is 65.7 Å². The van der Waals surface area contributed by atoms with Gasteiger partial charge >= 0.3 is 5.97 Å². The van der Waals surface area contributed by atoms with Gasteiger partial charge in [-0.15, -0.1) is 0 Å². The molecule has 0 spiro atoms. The lowest BCUT2D eigenvalue weighted by molar-refractivity contribution is -0.139. The molecule has 139 heavy (non-hydrogen) atoms. The summed E-state index contributed by atoms with van der Waals surface area (Å²) in [5.41, 5.74) is 34.9. The maximum Gasteiger partial charge on any atom is 0.303 e. The number of amides is 17. The molecule has 2 aromatic carbocycles. The van der Waals surface area contributed by atoms with Crippen molar-refractivity contribution in [2.45, 2.75) is 308 Å². The number of carbonyl (C=O) groups excluding carboxylic acids is 17. The quantitative estimate of drug-likeness (QED) is 0.0167. The average Bonchev–Trinajstić information content (AvgIpc) is 0.851. The van der Waals surface area contributed by atoms with E-state index >= 15 is 0 Å². The van der Waals surface area contributed by atoms with Gasteiger partial charge in [-0.25, -0.2) is 0 Å². The van der Waals surface area contributed by atoms with Gasteiger partial charge in [0.25, 0.3) is 0 Å². The number of rotatable bonds is 68. The predicted octanol–water partition coefficient (Wildman–Crippen LogP) is -5.66. The Bertz CT molecular complexity index is 4380. The summed E-state index contributed by atoms with van der Waals surface area (Å²) in [5, 5.41) is 103. The largest absolute Gasteiger partial charge is 0.508 e. The van der Waals surface area contributed by atoms with E-state index in [2.05, 4.69) is 101 Å². The number of unbranched alkanes of at least 4 members (excludes halogenated alkanes) is 3. The van der Waals surface area contributed by atoms with Crippen molar-refractivity contribution in [3.63, 3.8) is 0 Å². The Morgan fingerprint density at radius 3 is 1.00 bits per heavy atom. The number of aliphatic carboxylic acids is 1. The van der Waals surface area contributed by atoms with Gasteiger partial charge < -0.3 is 151 Å². The zero-order valence-electron chi connectivity index (χ0n) is 81.4. The second kappa shape index (κ2) is 65.2. The van der Waals surface area contributed by atoms with Crippen molar-refractivity contribution in [2.24, 2.45) is 52.2 Å². The number of guanidine groups is 3. The van der Waals surface area contributed by atoms with Crippen molar-refractivity contribution in [2.75, 3.05) is 39.3 Å². The first-order chi connectivity index (χ1) is 65.5. The van der Waals surface area contributed by atoms with Gasteiger partial charge in [-0.3, -0.25) is 103 Å². The minimum absolute atomic E-state index is 0.00334. The van der Waals surface area contributed by atoms with Crippen LogP contribution in [0.4, 0.5) is 0 Å². The molecule has 0 bridgehead atoms. The third-order valence-electron chi connectivity index (χ3n) is 21.9. The first-order valence-corrected chi connectivity index (χ1v) is 47.0. The summed E-state index contributed by atoms with van der Waals surface area (Å²) in [6.45, 7) is 16.8. The molecule has 49 nitrogen and oxygen atoms in total. The highest BCUT2D eigenvalue weighted by Crippen LogP contribution is 2.18. The number of carbonyl (C=O) groups is 18. The first-order valence-electron chi connectivity index (χ1n) is 47.0. The van der Waals surface area contributed by atoms with Crippen LogP contribution in [0, 0.1) is 34.0 Å². The highest BCUT2D eigenvalue weighted by atomic mass is 16.4. The molecule has 0 unspecified atom stereocenters. The van der Waals surface area contributed by atoms with Crippen molar-refractivity contribution < 1.29 is 102 Å². The molecule has 0 aromatic heterocycles. The van der Waals surface area contributed by atoms with E-state index in [9.17, 15) is 102 Å². The number of carboxylic acid groups (broad SMARTS) is 1. The molecule has 2 rings (SSSR count). The molecule has 778 valence electrons. The van der Waals surface area contributed by atoms with E-state index in [-0.39, 0.29) is 147 Å². The highest BCUT2D eigenvalue weighted by molar-refractivity contribution is 6.01. The van der Waals surface area contributed by atoms with Gasteiger partial charge in [0, 0.05) is 58.8 Å². The number of aliphatic hydroxyl groups is 1. The average molecular weight is 1960 g/mol. The van der Waals surface area contributed by atoms with E-state index in [1.54, 1.807) is 58.0 Å². The van der Waals surface area contributed by atoms with E-state index in [0.717, 1.165) is 6.92 Å². The van der Waals surface area contributed by atoms with Crippen LogP contribution in [-0.2, 0) is 99.1 Å². The van der Waals surface area contributed by atoms with Gasteiger partial charge in [0.1, 0.15) is 96.4 Å². The maximum atomic E-state index is 14.9. The number of primary amides is 1. The molecule has 0 saturated carbocycles. The molecule has 0 fully saturated rings. The lowest BCUT2D eigenvalue weighted by Crippen LogP contribution is -2.62. The SMILES string of the molecule is CCCC[C@H](NC(=O)[C@H](CCC(=O)O)NC(=O)[C@H](CCCNC(=N)N)NC(=O)[C@H](Cc1ccc(O)cc1)NC(=O)[C@H](CCCCN)NC(=O)[C@H](C)NC(=O)[C@@H](NC(=O)[C@@H](NC(=O)[C@H](CCCNC(=N)N)NC(=O)[C@H](CCCNC(=N)N)NC(=O)[C@H](C)NC(=O)[C@@H](NC(=O)[C@H](CCCCN)NC(=O)[C@H](Cc1ccccc1)NC(=O)CCNC(C)=O)C(C)C)[C@@H](C)O)C(C)C)C(=O)N[C@@H](CC(C)C)C(N)=O. The van der Waals surface area contributed by atoms with Crippen molar-refractivity contribution >= 4 is 124 Å². The van der Waals surface area contributed by atoms with Crippen LogP contribution >= 0.6 is 0 Å². The Morgan fingerprint density at radius 1 is 0.338 bits per heavy atom. The molecule has 49 heteroatoms. The van der Waals surface area contributed by atoms with Crippen LogP contribution in [0.25, 0.3) is 0 Å². The Morgan fingerprint density at radius 2 is 0.655 bits per heavy atom. The summed E-state index contributed by atoms with van der Waals surface area (Å²) in [6, 6.07) is -8.21. The molecule has 16 atom stereocenters. The van der Waals surface area contributed by atoms with E-state index in [4.69, 9.17) is 50.6 Å². The summed E-state index contributed by atoms with van der Waals surface area (Å²) in [7, 11) is 0. The van der Waals surface area contributed by atoms with Gasteiger partial charge in [-0.1, -0.05) is 104 Å². The predicted molar refractivity (Wildman–Crippen MR) is 515 cm³/mol. The van der Waals surface area contributed by atoms with Gasteiger partial charge in [0.2, 0.25) is 100 Å². The third-order valence-corrected chi connectivity index (χ3v) is 21.9. The number of aliphatic hydroxyl groups excluding tert-OH is 1. The molecular weight excluding hydrogens is 1810 g/mol. The summed E-state index contributed by atoms with van der Waals surface area (Å²) in [6.07, 6.45) is -1.89. The minimum Gasteiger partial charge on any atom is -0.508 e. The van der Waals surface area contributed by atoms with Crippen LogP contribution in [-0.4, -0.2) is 276 Å². The van der Waals surface area contributed by atoms with Crippen LogP contribution in [0.2, 0.25) is 0 Å². The summed E-state index contributed by atoms with van der Waals surface area (Å²) >= 11 is 0. The molecule has 0 radical (unpaired) electrons. The molecule has 0 aliphatic rings. The van der Waals surface area contributed by atoms with Gasteiger partial charge in [0.15, 0.2) is 17.9 Å². The Balaban J connectivity index is 2.56. The van der Waals surface area contributed by atoms with Crippen molar-refractivity contribution in [1.82, 2.24) is 101 Å². The monoisotopic (exact) mass is 1960 g/mol. The molecule has 2 aromatic rings. The van der Waals surface area contributed by atoms with E-state index in [0.29, 0.717) is 43.2 Å². The molecule has 37 N–H and O–H groups in total. The fourth-order valence-electron chi connectivity index (χ4n) is 14.1. The molecule has 0 aliphatic carbocycles. The normalized spacial score (nSPS) is 14.5. The summed E-state index contributed by atoms with van der Waals surface area (Å²) in [5.74, 6) is -19.7. The van der Waals surface area contributed by atoms with E-state index in [1.165, 1.54) is 58.9 Å². The van der Waals surface area contributed by atoms with E-state index < -0.39 is 240 Å². The van der Waals surface area contributed by atoms with Crippen LogP contribution in [0.3, 0.4) is 0 Å². The minimum atomic E-state index is -1.91. The molecule has 0 aliphatic heterocycles. The number of hydrogen-bond acceptors (Lipinski definition) is 25. The number of nitrogens with one attached hydrogen (secondary N) is 22. The van der Waals surface area contributed by atoms with Crippen LogP contribution in [0.15, 0.2) is 54.6 Å². The molecule has 17 amide bonds. The van der Waals surface area contributed by atoms with Gasteiger partial charge in [-0.05, 0) is 171 Å². The lowest BCUT2D eigenvalue weighted by Gasteiger charge is -2.29. The third kappa shape index (κ3) is 49.3. The number of benzene rings is 2. The van der Waals surface area contributed by atoms with E-state index in [1.807, 2.05) is 6.92 Å². The molecule has 0 saturated heterocycles. The Labute approximate surface area is 810 Å². The standard InChI is InChI=1S/C90H152N28O21/c1-12-13-26-58(78(130)114-65(73(93)125)45-48(2)3)109-80(132)64(36-37-69(123)124)113-77(129)62(30-22-42-102-89(96)97)112-84(136)67(47-56-32-34-57(121)35-33-56)115-79(131)59(27-17-19-39-91)107-74(126)51(8)105-86(138)71(50(6)7)117-87(139)72(53(10)119)118-82(134)63(31-23-43-103-90(98)99)110-76(128)61(29-21-41-101-88(94)95)108-75(127)52(9)104-85(137)70(49(4)5)116-81(133)60(28-18-20-40-92)111-83(135)66(46-55-24-15-14-16-25-55)106-68(122)38-44-100-54(11)120/h14-16,24-25,32-35,48-53,58-67,70-72,119,121H,12-13,17-23,26-31,36-47,91-92H2,1-11H3,(H2,93,125)(H,100,120)(H,104,137)(H,105,138)(H,106,122)(H,107,126)(H,108,127)(H,109,132)(H,110,128)(H,111,135)(H,112,136)(H,113,129)(H,114,130)(H,115,131)(H,116,133)(H,117,139)(H,118,134)(H,123,124)(H4,94,95,101)(H4,96,97,102)(H4,98,99,103)/t51-,52-,53+,58-,59-,60-,61-,62-,63-,64-,65-,66-,67-,70-,71-,72-/m0/s1. The number of hydrogen-bond donors (Lipinski definition) is 31. The fraction of sp³-hybridized carbons (Fsp3) is 0.633. The highest BCUT2D eigenvalue weighted by Gasteiger charge is 2.40. The second-order valence-electron chi connectivity index (χ2n) is 35.2. The summed E-state index contributed by atoms with van der Waals surface area (Å²) in [4.78, 5) is 251. The number of phenols is 1. The van der Waals surface area contributed by atoms with Crippen molar-refractivity contribution in [3.8, 4) is 5.75 Å². The second-order valence-corrected chi connectivity index (χ2v) is 35.2. The number of phenolic OH excluding ortho intramolecular Hbond substituents is 1. The van der Waals surface area contributed by atoms with Crippen LogP contribution < -0.4 is 135 Å². The molecular formula is C90H152N28O21. The van der Waals surface area contributed by atoms with Gasteiger partial charge in [-0.2, -0.15) is 0 Å². The number of aromatic hydroxyl groups is 1. The summed E-state index contributed by atoms with van der Waals surface area (Å²) < 4.78 is 0. The smallest absolute Gasteiger partial charge is 0.303 e. The van der Waals surface area contributed by atoms with Crippen LogP contribution in [0.5, 0.6) is 5.75 Å². The van der Waals surface area contributed by atoms with Crippen molar-refractivity contribution in [1.29, 1.82) is 16.2 Å². The topological polar surface area (TPSA) is 824 Å². The maximum absolute atomic E-state index is 14.9. The van der Waals surface area contributed by atoms with Crippen LogP contribution in [0.1, 0.15) is 209 Å². The van der Waals surface area contributed by atoms with Gasteiger partial charge in [0.05, 0.1) is 6.10 Å². The first kappa shape index (κ1) is 121. The molecule has 0 heterocycles. The zero-order valence-corrected chi connectivity index (χ0v) is 81.4. The number of carboxylic acids is 1. The number of nitrogens with two attached hydrogens (primary N) is 6. The Hall–Kier alpha value is -13.6. The lowest BCUT2D eigenvalue weighted by atomic mass is 10.0. The Kier molecular flexibility index (Phi) is 57.0.